The number of alkyl halides is 1. The van der Waals surface area contributed by atoms with E-state index in [1.807, 2.05) is 13.8 Å². The van der Waals surface area contributed by atoms with Gasteiger partial charge in [-0.2, -0.15) is 0 Å². The van der Waals surface area contributed by atoms with Crippen molar-refractivity contribution in [3.05, 3.63) is 0 Å². The van der Waals surface area contributed by atoms with Gasteiger partial charge in [-0.1, -0.05) is 22.6 Å². The zero-order valence-corrected chi connectivity index (χ0v) is 8.70. The molecule has 0 N–H and O–H groups in total. The van der Waals surface area contributed by atoms with E-state index in [-0.39, 0.29) is 12.2 Å². The molecule has 0 aliphatic carbocycles. The summed E-state index contributed by atoms with van der Waals surface area (Å²) in [6, 6.07) is 0. The predicted octanol–water partition coefficient (Wildman–Crippen LogP) is 1.14. The van der Waals surface area contributed by atoms with Crippen LogP contribution in [0.4, 0.5) is 0 Å². The summed E-state index contributed by atoms with van der Waals surface area (Å²) in [5.74, 6) is -0.596. The molecule has 0 radical (unpaired) electrons. The van der Waals surface area contributed by atoms with Crippen molar-refractivity contribution in [3.63, 3.8) is 0 Å². The molecule has 11 heavy (non-hydrogen) atoms. The molecule has 1 aliphatic heterocycles. The third-order valence-corrected chi connectivity index (χ3v) is 2.38. The molecule has 3 nitrogen and oxygen atoms in total. The molecule has 0 spiro atoms. The van der Waals surface area contributed by atoms with Crippen molar-refractivity contribution >= 4 is 28.9 Å². The van der Waals surface area contributed by atoms with Gasteiger partial charge in [-0.15, -0.1) is 0 Å². The van der Waals surface area contributed by atoms with E-state index < -0.39 is 5.79 Å². The second-order valence-electron chi connectivity index (χ2n) is 2.93. The molecule has 0 aromatic rings. The summed E-state index contributed by atoms with van der Waals surface area (Å²) in [7, 11) is 0. The summed E-state index contributed by atoms with van der Waals surface area (Å²) >= 11 is 2.18. The summed E-state index contributed by atoms with van der Waals surface area (Å²) in [6.07, 6.45) is 0.336. The van der Waals surface area contributed by atoms with Crippen LogP contribution in [0, 0.1) is 0 Å². The Bertz CT molecular complexity index is 158. The van der Waals surface area contributed by atoms with E-state index in [2.05, 4.69) is 22.6 Å². The highest BCUT2D eigenvalue weighted by molar-refractivity contribution is 14.1. The van der Waals surface area contributed by atoms with Gasteiger partial charge in [-0.25, -0.2) is 0 Å². The molecule has 0 aromatic heterocycles. The highest BCUT2D eigenvalue weighted by Crippen LogP contribution is 2.27. The maximum absolute atomic E-state index is 10.5. The molecule has 64 valence electrons. The van der Waals surface area contributed by atoms with Crippen molar-refractivity contribution in [2.45, 2.75) is 31.8 Å². The van der Waals surface area contributed by atoms with Crippen molar-refractivity contribution in [1.82, 2.24) is 0 Å². The molecule has 0 bridgehead atoms. The maximum atomic E-state index is 10.5. The molecule has 4 heteroatoms. The van der Waals surface area contributed by atoms with E-state index in [4.69, 9.17) is 9.47 Å². The molecular formula is C7H11IO3. The van der Waals surface area contributed by atoms with Gasteiger partial charge in [0.2, 0.25) is 0 Å². The van der Waals surface area contributed by atoms with Gasteiger partial charge in [0.05, 0.1) is 0 Å². The lowest BCUT2D eigenvalue weighted by Crippen LogP contribution is -2.24. The molecule has 1 saturated heterocycles. The van der Waals surface area contributed by atoms with Crippen molar-refractivity contribution < 1.29 is 14.3 Å². The number of ether oxygens (including phenoxy) is 2. The van der Waals surface area contributed by atoms with Crippen molar-refractivity contribution in [2.24, 2.45) is 0 Å². The van der Waals surface area contributed by atoms with Gasteiger partial charge in [0.25, 0.3) is 0 Å². The molecule has 0 unspecified atom stereocenters. The highest BCUT2D eigenvalue weighted by atomic mass is 127. The van der Waals surface area contributed by atoms with Crippen molar-refractivity contribution in [2.75, 3.05) is 4.43 Å². The zero-order chi connectivity index (χ0) is 8.48. The van der Waals surface area contributed by atoms with Crippen LogP contribution >= 0.6 is 22.6 Å². The number of hydrogen-bond acceptors (Lipinski definition) is 3. The SMILES string of the molecule is CC1(C)O[C@@H](C=O)[C@H](CI)O1. The first-order chi connectivity index (χ1) is 5.09. The minimum Gasteiger partial charge on any atom is -0.343 e. The van der Waals surface area contributed by atoms with Crippen LogP contribution in [0.5, 0.6) is 0 Å². The van der Waals surface area contributed by atoms with Crippen LogP contribution in [0.3, 0.4) is 0 Å². The number of hydrogen-bond donors (Lipinski definition) is 0. The molecule has 1 aliphatic rings. The first-order valence-corrected chi connectivity index (χ1v) is 4.98. The van der Waals surface area contributed by atoms with E-state index in [1.165, 1.54) is 0 Å². The molecule has 1 rings (SSSR count). The predicted molar refractivity (Wildman–Crippen MR) is 48.8 cm³/mol. The van der Waals surface area contributed by atoms with Gasteiger partial charge >= 0.3 is 0 Å². The molecule has 0 amide bonds. The fourth-order valence-electron chi connectivity index (χ4n) is 1.10. The lowest BCUT2D eigenvalue weighted by Gasteiger charge is -2.15. The fourth-order valence-corrected chi connectivity index (χ4v) is 1.78. The number of carbonyl (C=O) groups is 1. The normalized spacial score (nSPS) is 35.5. The first kappa shape index (κ1) is 9.41. The topological polar surface area (TPSA) is 35.5 Å². The van der Waals surface area contributed by atoms with E-state index >= 15 is 0 Å². The average Bonchev–Trinajstić information content (AvgIpc) is 2.25. The Hall–Kier alpha value is 0.320. The molecule has 0 aromatic carbocycles. The summed E-state index contributed by atoms with van der Waals surface area (Å²) < 4.78 is 11.5. The van der Waals surface area contributed by atoms with Crippen LogP contribution < -0.4 is 0 Å². The number of aldehydes is 1. The Kier molecular flexibility index (Phi) is 2.88. The Balaban J connectivity index is 2.62. The Morgan fingerprint density at radius 2 is 2.18 bits per heavy atom. The molecular weight excluding hydrogens is 259 g/mol. The van der Waals surface area contributed by atoms with Crippen molar-refractivity contribution in [3.8, 4) is 0 Å². The first-order valence-electron chi connectivity index (χ1n) is 3.46. The average molecular weight is 270 g/mol. The third kappa shape index (κ3) is 2.13. The minimum absolute atomic E-state index is 0.0805. The standard InChI is InChI=1S/C7H11IO3/c1-7(2)10-5(3-8)6(4-9)11-7/h4-6H,3H2,1-2H3/t5-,6-/m0/s1. The van der Waals surface area contributed by atoms with Gasteiger partial charge in [-0.3, -0.25) is 0 Å². The zero-order valence-electron chi connectivity index (χ0n) is 6.54. The summed E-state index contributed by atoms with van der Waals surface area (Å²) in [5, 5.41) is 0. The van der Waals surface area contributed by atoms with Crippen LogP contribution in [0.25, 0.3) is 0 Å². The van der Waals surface area contributed by atoms with Gasteiger partial charge < -0.3 is 14.3 Å². The van der Waals surface area contributed by atoms with Gasteiger partial charge in [-0.05, 0) is 13.8 Å². The molecule has 1 fully saturated rings. The van der Waals surface area contributed by atoms with Crippen LogP contribution in [0.2, 0.25) is 0 Å². The fraction of sp³-hybridized carbons (Fsp3) is 0.857. The van der Waals surface area contributed by atoms with E-state index in [1.54, 1.807) is 0 Å². The third-order valence-electron chi connectivity index (χ3n) is 1.51. The lowest BCUT2D eigenvalue weighted by atomic mass is 10.3. The van der Waals surface area contributed by atoms with Crippen LogP contribution in [-0.2, 0) is 14.3 Å². The second kappa shape index (κ2) is 3.37. The highest BCUT2D eigenvalue weighted by Gasteiger charge is 2.40. The van der Waals surface area contributed by atoms with E-state index in [0.29, 0.717) is 0 Å². The minimum atomic E-state index is -0.596. The van der Waals surface area contributed by atoms with Crippen molar-refractivity contribution in [1.29, 1.82) is 0 Å². The van der Waals surface area contributed by atoms with Gasteiger partial charge in [0.1, 0.15) is 12.2 Å². The molecule has 2 atom stereocenters. The van der Waals surface area contributed by atoms with Gasteiger partial charge in [0, 0.05) is 4.43 Å². The van der Waals surface area contributed by atoms with E-state index in [0.717, 1.165) is 10.7 Å². The number of carbonyl (C=O) groups excluding carboxylic acids is 1. The second-order valence-corrected chi connectivity index (χ2v) is 3.81. The van der Waals surface area contributed by atoms with Crippen LogP contribution in [-0.4, -0.2) is 28.7 Å². The number of rotatable bonds is 2. The maximum Gasteiger partial charge on any atom is 0.164 e. The summed E-state index contributed by atoms with van der Waals surface area (Å²) in [5.41, 5.74) is 0. The Morgan fingerprint density at radius 3 is 2.55 bits per heavy atom. The van der Waals surface area contributed by atoms with E-state index in [9.17, 15) is 4.79 Å². The number of halogens is 1. The molecule has 1 heterocycles. The monoisotopic (exact) mass is 270 g/mol. The smallest absolute Gasteiger partial charge is 0.164 e. The molecule has 0 saturated carbocycles. The largest absolute Gasteiger partial charge is 0.343 e. The van der Waals surface area contributed by atoms with Crippen LogP contribution in [0.1, 0.15) is 13.8 Å². The van der Waals surface area contributed by atoms with Crippen LogP contribution in [0.15, 0.2) is 0 Å². The quantitative estimate of drug-likeness (QED) is 0.429. The Labute approximate surface area is 79.6 Å². The summed E-state index contributed by atoms with van der Waals surface area (Å²) in [6.45, 7) is 3.63. The Morgan fingerprint density at radius 1 is 1.55 bits per heavy atom. The summed E-state index contributed by atoms with van der Waals surface area (Å²) in [4.78, 5) is 10.5. The lowest BCUT2D eigenvalue weighted by molar-refractivity contribution is -0.148. The van der Waals surface area contributed by atoms with Gasteiger partial charge in [0.15, 0.2) is 12.1 Å².